The second kappa shape index (κ2) is 6.55. The molecule has 3 rings (SSSR count). The highest BCUT2D eigenvalue weighted by Gasteiger charge is 2.30. The number of nitrogens with one attached hydrogen (secondary N) is 1. The van der Waals surface area contributed by atoms with Gasteiger partial charge in [-0.3, -0.25) is 4.90 Å². The molecule has 1 aromatic carbocycles. The van der Waals surface area contributed by atoms with Crippen LogP contribution in [0.2, 0.25) is 5.02 Å². The average molecular weight is 308 g/mol. The van der Waals surface area contributed by atoms with Crippen molar-refractivity contribution in [2.45, 2.75) is 31.7 Å². The van der Waals surface area contributed by atoms with E-state index in [4.69, 9.17) is 11.6 Å². The van der Waals surface area contributed by atoms with Crippen molar-refractivity contribution >= 4 is 17.3 Å². The number of piperazine rings is 1. The Hall–Kier alpha value is -0.770. The highest BCUT2D eigenvalue weighted by Crippen LogP contribution is 2.23. The lowest BCUT2D eigenvalue weighted by Crippen LogP contribution is -2.57. The van der Waals surface area contributed by atoms with E-state index in [1.165, 1.54) is 38.0 Å². The summed E-state index contributed by atoms with van der Waals surface area (Å²) >= 11 is 6.09. The Morgan fingerprint density at radius 1 is 1.19 bits per heavy atom. The third-order valence-corrected chi connectivity index (χ3v) is 5.06. The second-order valence-corrected chi connectivity index (χ2v) is 7.12. The smallest absolute Gasteiger partial charge is 0.0426 e. The highest BCUT2D eigenvalue weighted by atomic mass is 35.5. The molecule has 2 heterocycles. The van der Waals surface area contributed by atoms with E-state index in [0.29, 0.717) is 5.54 Å². The first-order valence-corrected chi connectivity index (χ1v) is 8.50. The van der Waals surface area contributed by atoms with Gasteiger partial charge < -0.3 is 10.2 Å². The summed E-state index contributed by atoms with van der Waals surface area (Å²) in [6.45, 7) is 9.21. The lowest BCUT2D eigenvalue weighted by atomic mass is 9.90. The molecule has 1 atom stereocenters. The van der Waals surface area contributed by atoms with Gasteiger partial charge in [-0.15, -0.1) is 0 Å². The maximum atomic E-state index is 6.09. The number of rotatable bonds is 3. The maximum Gasteiger partial charge on any atom is 0.0426 e. The van der Waals surface area contributed by atoms with E-state index in [0.717, 1.165) is 31.2 Å². The van der Waals surface area contributed by atoms with Crippen LogP contribution in [0.3, 0.4) is 0 Å². The zero-order valence-corrected chi connectivity index (χ0v) is 13.7. The van der Waals surface area contributed by atoms with Crippen molar-refractivity contribution in [3.05, 3.63) is 29.3 Å². The molecule has 0 amide bonds. The van der Waals surface area contributed by atoms with Crippen LogP contribution in [0.15, 0.2) is 24.3 Å². The van der Waals surface area contributed by atoms with E-state index in [1.807, 2.05) is 12.1 Å². The van der Waals surface area contributed by atoms with Crippen molar-refractivity contribution < 1.29 is 0 Å². The van der Waals surface area contributed by atoms with Crippen LogP contribution < -0.4 is 10.2 Å². The monoisotopic (exact) mass is 307 g/mol. The quantitative estimate of drug-likeness (QED) is 0.926. The first-order valence-electron chi connectivity index (χ1n) is 8.13. The van der Waals surface area contributed by atoms with Crippen LogP contribution in [0.5, 0.6) is 0 Å². The molecule has 3 nitrogen and oxygen atoms in total. The van der Waals surface area contributed by atoms with E-state index in [-0.39, 0.29) is 0 Å². The Labute approximate surface area is 133 Å². The molecular formula is C17H26ClN3. The van der Waals surface area contributed by atoms with Crippen LogP contribution in [0, 0.1) is 0 Å². The molecule has 1 aromatic rings. The third-order valence-electron chi connectivity index (χ3n) is 4.83. The van der Waals surface area contributed by atoms with Gasteiger partial charge in [-0.2, -0.15) is 0 Å². The fourth-order valence-corrected chi connectivity index (χ4v) is 3.77. The molecule has 0 bridgehead atoms. The van der Waals surface area contributed by atoms with Gasteiger partial charge in [0, 0.05) is 49.0 Å². The molecule has 4 heteroatoms. The van der Waals surface area contributed by atoms with Gasteiger partial charge in [0.25, 0.3) is 0 Å². The van der Waals surface area contributed by atoms with Crippen molar-refractivity contribution in [3.8, 4) is 0 Å². The van der Waals surface area contributed by atoms with E-state index >= 15 is 0 Å². The molecule has 0 aliphatic carbocycles. The lowest BCUT2D eigenvalue weighted by Gasteiger charge is -2.43. The number of nitrogens with zero attached hydrogens (tertiary/aromatic N) is 2. The van der Waals surface area contributed by atoms with Gasteiger partial charge >= 0.3 is 0 Å². The number of hydrogen-bond acceptors (Lipinski definition) is 3. The summed E-state index contributed by atoms with van der Waals surface area (Å²) in [5.41, 5.74) is 1.57. The predicted molar refractivity (Wildman–Crippen MR) is 90.4 cm³/mol. The van der Waals surface area contributed by atoms with Crippen molar-refractivity contribution in [2.75, 3.05) is 44.2 Å². The molecule has 116 valence electrons. The zero-order chi connectivity index (χ0) is 14.7. The van der Waals surface area contributed by atoms with E-state index in [2.05, 4.69) is 34.2 Å². The van der Waals surface area contributed by atoms with E-state index in [9.17, 15) is 0 Å². The largest absolute Gasteiger partial charge is 0.369 e. The summed E-state index contributed by atoms with van der Waals surface area (Å²) in [4.78, 5) is 5.05. The first kappa shape index (κ1) is 15.1. The van der Waals surface area contributed by atoms with Crippen LogP contribution in [0.25, 0.3) is 0 Å². The van der Waals surface area contributed by atoms with Crippen molar-refractivity contribution in [1.29, 1.82) is 0 Å². The standard InChI is InChI=1S/C17H26ClN3/c1-17(7-2-3-8-19-17)14-20-9-11-21(12-10-20)16-6-4-5-15(18)13-16/h4-6,13,19H,2-3,7-12,14H2,1H3. The van der Waals surface area contributed by atoms with Crippen LogP contribution >= 0.6 is 11.6 Å². The minimum absolute atomic E-state index is 0.316. The summed E-state index contributed by atoms with van der Waals surface area (Å²) in [7, 11) is 0. The number of hydrogen-bond donors (Lipinski definition) is 1. The minimum atomic E-state index is 0.316. The van der Waals surface area contributed by atoms with Gasteiger partial charge in [-0.05, 0) is 44.5 Å². The van der Waals surface area contributed by atoms with E-state index in [1.54, 1.807) is 0 Å². The van der Waals surface area contributed by atoms with E-state index < -0.39 is 0 Å². The molecule has 0 radical (unpaired) electrons. The Balaban J connectivity index is 1.53. The Kier molecular flexibility index (Phi) is 4.72. The van der Waals surface area contributed by atoms with Gasteiger partial charge in [0.1, 0.15) is 0 Å². The molecule has 2 fully saturated rings. The highest BCUT2D eigenvalue weighted by molar-refractivity contribution is 6.30. The third kappa shape index (κ3) is 3.91. The van der Waals surface area contributed by atoms with Crippen LogP contribution in [0.4, 0.5) is 5.69 Å². The second-order valence-electron chi connectivity index (χ2n) is 6.69. The zero-order valence-electron chi connectivity index (χ0n) is 12.9. The fraction of sp³-hybridized carbons (Fsp3) is 0.647. The van der Waals surface area contributed by atoms with Gasteiger partial charge in [0.15, 0.2) is 0 Å². The number of piperidine rings is 1. The number of halogens is 1. The van der Waals surface area contributed by atoms with Crippen LogP contribution in [-0.2, 0) is 0 Å². The molecule has 2 aliphatic heterocycles. The Morgan fingerprint density at radius 3 is 2.67 bits per heavy atom. The van der Waals surface area contributed by atoms with Gasteiger partial charge in [-0.25, -0.2) is 0 Å². The Bertz CT molecular complexity index is 463. The average Bonchev–Trinajstić information content (AvgIpc) is 2.48. The summed E-state index contributed by atoms with van der Waals surface area (Å²) in [5.74, 6) is 0. The topological polar surface area (TPSA) is 18.5 Å². The fourth-order valence-electron chi connectivity index (χ4n) is 3.58. The molecule has 0 saturated carbocycles. The summed E-state index contributed by atoms with van der Waals surface area (Å²) in [6, 6.07) is 8.21. The summed E-state index contributed by atoms with van der Waals surface area (Å²) in [5, 5.41) is 4.55. The Morgan fingerprint density at radius 2 is 2.00 bits per heavy atom. The summed E-state index contributed by atoms with van der Waals surface area (Å²) in [6.07, 6.45) is 4.01. The molecular weight excluding hydrogens is 282 g/mol. The first-order chi connectivity index (χ1) is 10.1. The van der Waals surface area contributed by atoms with Crippen LogP contribution in [0.1, 0.15) is 26.2 Å². The predicted octanol–water partition coefficient (Wildman–Crippen LogP) is 2.99. The maximum absolute atomic E-state index is 6.09. The normalized spacial score (nSPS) is 27.8. The SMILES string of the molecule is CC1(CN2CCN(c3cccc(Cl)c3)CC2)CCCCN1. The van der Waals surface area contributed by atoms with Crippen molar-refractivity contribution in [3.63, 3.8) is 0 Å². The molecule has 0 spiro atoms. The number of anilines is 1. The molecule has 2 saturated heterocycles. The summed E-state index contributed by atoms with van der Waals surface area (Å²) < 4.78 is 0. The van der Waals surface area contributed by atoms with Gasteiger partial charge in [0.05, 0.1) is 0 Å². The van der Waals surface area contributed by atoms with Gasteiger partial charge in [-0.1, -0.05) is 24.1 Å². The number of benzene rings is 1. The lowest BCUT2D eigenvalue weighted by molar-refractivity contribution is 0.157. The molecule has 0 aromatic heterocycles. The van der Waals surface area contributed by atoms with Crippen LogP contribution in [-0.4, -0.2) is 49.7 Å². The molecule has 1 N–H and O–H groups in total. The minimum Gasteiger partial charge on any atom is -0.369 e. The molecule has 1 unspecified atom stereocenters. The van der Waals surface area contributed by atoms with Crippen molar-refractivity contribution in [2.24, 2.45) is 0 Å². The van der Waals surface area contributed by atoms with Crippen molar-refractivity contribution in [1.82, 2.24) is 10.2 Å². The van der Waals surface area contributed by atoms with Gasteiger partial charge in [0.2, 0.25) is 0 Å². The molecule has 2 aliphatic rings. The molecule has 21 heavy (non-hydrogen) atoms.